The molecule has 0 saturated carbocycles. The number of nitrogens with zero attached hydrogens (tertiary/aromatic N) is 5. The van der Waals surface area contributed by atoms with Crippen molar-refractivity contribution in [3.8, 4) is 11.4 Å². The van der Waals surface area contributed by atoms with Crippen LogP contribution in [0.5, 0.6) is 0 Å². The zero-order chi connectivity index (χ0) is 17.5. The Bertz CT molecular complexity index is 950. The van der Waals surface area contributed by atoms with Crippen molar-refractivity contribution in [3.63, 3.8) is 0 Å². The molecule has 0 amide bonds. The van der Waals surface area contributed by atoms with Crippen LogP contribution in [-0.2, 0) is 32.5 Å². The molecule has 2 aromatic heterocycles. The SMILES string of the molecule is OCCn1ncc2c1CN(c1nc(-c3ccccc3)nc3c1CCC3)C2. The van der Waals surface area contributed by atoms with E-state index in [9.17, 15) is 5.11 Å². The van der Waals surface area contributed by atoms with E-state index < -0.39 is 0 Å². The van der Waals surface area contributed by atoms with Crippen LogP contribution in [0.3, 0.4) is 0 Å². The summed E-state index contributed by atoms with van der Waals surface area (Å²) in [4.78, 5) is 12.2. The minimum absolute atomic E-state index is 0.106. The van der Waals surface area contributed by atoms with Gasteiger partial charge in [0, 0.05) is 28.9 Å². The molecule has 0 saturated heterocycles. The quantitative estimate of drug-likeness (QED) is 0.785. The molecule has 1 N–H and O–H groups in total. The highest BCUT2D eigenvalue weighted by Gasteiger charge is 2.29. The number of aliphatic hydroxyl groups excluding tert-OH is 1. The molecule has 1 aromatic carbocycles. The summed E-state index contributed by atoms with van der Waals surface area (Å²) in [5.41, 5.74) is 5.97. The molecule has 1 aliphatic carbocycles. The van der Waals surface area contributed by atoms with Gasteiger partial charge in [-0.3, -0.25) is 4.68 Å². The van der Waals surface area contributed by atoms with Crippen molar-refractivity contribution < 1.29 is 5.11 Å². The second kappa shape index (κ2) is 6.21. The smallest absolute Gasteiger partial charge is 0.161 e. The fourth-order valence-electron chi connectivity index (χ4n) is 4.03. The average molecular weight is 347 g/mol. The largest absolute Gasteiger partial charge is 0.394 e. The maximum atomic E-state index is 9.25. The van der Waals surface area contributed by atoms with Crippen molar-refractivity contribution in [2.45, 2.75) is 38.9 Å². The van der Waals surface area contributed by atoms with Crippen LogP contribution < -0.4 is 4.90 Å². The zero-order valence-corrected chi connectivity index (χ0v) is 14.6. The summed E-state index contributed by atoms with van der Waals surface area (Å²) in [5, 5.41) is 13.6. The van der Waals surface area contributed by atoms with Gasteiger partial charge in [0.15, 0.2) is 5.82 Å². The lowest BCUT2D eigenvalue weighted by molar-refractivity contribution is 0.267. The predicted octanol–water partition coefficient (Wildman–Crippen LogP) is 2.34. The van der Waals surface area contributed by atoms with Crippen LogP contribution in [0.1, 0.15) is 28.9 Å². The molecule has 132 valence electrons. The van der Waals surface area contributed by atoms with Crippen molar-refractivity contribution in [3.05, 3.63) is 59.0 Å². The van der Waals surface area contributed by atoms with Gasteiger partial charge in [-0.1, -0.05) is 30.3 Å². The Morgan fingerprint density at radius 3 is 2.77 bits per heavy atom. The molecule has 0 unspecified atom stereocenters. The highest BCUT2D eigenvalue weighted by Crippen LogP contribution is 2.35. The first-order valence-corrected chi connectivity index (χ1v) is 9.18. The molecule has 6 nitrogen and oxygen atoms in total. The summed E-state index contributed by atoms with van der Waals surface area (Å²) in [7, 11) is 0. The van der Waals surface area contributed by atoms with Gasteiger partial charge in [-0.15, -0.1) is 0 Å². The number of aliphatic hydroxyl groups is 1. The fraction of sp³-hybridized carbons (Fsp3) is 0.350. The number of benzene rings is 1. The van der Waals surface area contributed by atoms with E-state index >= 15 is 0 Å². The summed E-state index contributed by atoms with van der Waals surface area (Å²) in [6, 6.07) is 10.2. The zero-order valence-electron chi connectivity index (χ0n) is 14.6. The van der Waals surface area contributed by atoms with E-state index in [2.05, 4.69) is 22.1 Å². The van der Waals surface area contributed by atoms with Crippen molar-refractivity contribution in [2.24, 2.45) is 0 Å². The summed E-state index contributed by atoms with van der Waals surface area (Å²) >= 11 is 0. The van der Waals surface area contributed by atoms with Crippen molar-refractivity contribution in [1.29, 1.82) is 0 Å². The van der Waals surface area contributed by atoms with Gasteiger partial charge in [-0.2, -0.15) is 5.10 Å². The van der Waals surface area contributed by atoms with E-state index in [1.807, 2.05) is 29.1 Å². The van der Waals surface area contributed by atoms with Gasteiger partial charge >= 0.3 is 0 Å². The first-order valence-electron chi connectivity index (χ1n) is 9.18. The molecule has 6 heteroatoms. The lowest BCUT2D eigenvalue weighted by Crippen LogP contribution is -2.21. The van der Waals surface area contributed by atoms with Crippen molar-refractivity contribution in [1.82, 2.24) is 19.7 Å². The minimum atomic E-state index is 0.106. The fourth-order valence-corrected chi connectivity index (χ4v) is 4.03. The second-order valence-corrected chi connectivity index (χ2v) is 6.93. The number of anilines is 1. The molecular formula is C20H21N5O. The van der Waals surface area contributed by atoms with Gasteiger partial charge in [0.05, 0.1) is 31.6 Å². The van der Waals surface area contributed by atoms with Crippen LogP contribution in [0.25, 0.3) is 11.4 Å². The van der Waals surface area contributed by atoms with Gasteiger partial charge in [0.1, 0.15) is 5.82 Å². The third-order valence-electron chi connectivity index (χ3n) is 5.29. The highest BCUT2D eigenvalue weighted by molar-refractivity contribution is 5.62. The maximum absolute atomic E-state index is 9.25. The van der Waals surface area contributed by atoms with E-state index in [-0.39, 0.29) is 6.61 Å². The summed E-state index contributed by atoms with van der Waals surface area (Å²) < 4.78 is 1.91. The average Bonchev–Trinajstić information content (AvgIpc) is 3.38. The van der Waals surface area contributed by atoms with Gasteiger partial charge in [-0.25, -0.2) is 9.97 Å². The maximum Gasteiger partial charge on any atom is 0.161 e. The number of fused-ring (bicyclic) bond motifs is 2. The van der Waals surface area contributed by atoms with Crippen molar-refractivity contribution >= 4 is 5.82 Å². The first kappa shape index (κ1) is 15.5. The summed E-state index contributed by atoms with van der Waals surface area (Å²) in [6.07, 6.45) is 5.15. The Kier molecular flexibility index (Phi) is 3.71. The molecule has 2 aliphatic rings. The van der Waals surface area contributed by atoms with E-state index in [1.54, 1.807) is 0 Å². The molecule has 3 heterocycles. The Hall–Kier alpha value is -2.73. The van der Waals surface area contributed by atoms with Crippen molar-refractivity contribution in [2.75, 3.05) is 11.5 Å². The van der Waals surface area contributed by atoms with Gasteiger partial charge in [0.2, 0.25) is 0 Å². The van der Waals surface area contributed by atoms with Crippen LogP contribution >= 0.6 is 0 Å². The summed E-state index contributed by atoms with van der Waals surface area (Å²) in [5.74, 6) is 1.88. The molecule has 5 rings (SSSR count). The molecule has 26 heavy (non-hydrogen) atoms. The molecule has 0 fully saturated rings. The number of aromatic nitrogens is 4. The molecule has 1 aliphatic heterocycles. The van der Waals surface area contributed by atoms with E-state index in [1.165, 1.54) is 22.5 Å². The Balaban J connectivity index is 1.54. The first-order chi connectivity index (χ1) is 12.8. The molecule has 0 bridgehead atoms. The van der Waals surface area contributed by atoms with Gasteiger partial charge in [-0.05, 0) is 19.3 Å². The van der Waals surface area contributed by atoms with Gasteiger partial charge < -0.3 is 10.0 Å². The molecular weight excluding hydrogens is 326 g/mol. The molecule has 0 atom stereocenters. The highest BCUT2D eigenvalue weighted by atomic mass is 16.3. The normalized spacial score (nSPS) is 15.3. The van der Waals surface area contributed by atoms with Crippen LogP contribution in [0.2, 0.25) is 0 Å². The standard InChI is InChI=1S/C20H21N5O/c26-10-9-25-18-13-24(12-15(18)11-21-25)20-16-7-4-8-17(16)22-19(23-20)14-5-2-1-3-6-14/h1-3,5-6,11,26H,4,7-10,12-13H2. The monoisotopic (exact) mass is 347 g/mol. The van der Waals surface area contributed by atoms with Crippen LogP contribution in [0.15, 0.2) is 36.5 Å². The predicted molar refractivity (Wildman–Crippen MR) is 98.7 cm³/mol. The molecule has 0 radical (unpaired) electrons. The number of aryl methyl sites for hydroxylation is 1. The van der Waals surface area contributed by atoms with Gasteiger partial charge in [0.25, 0.3) is 0 Å². The number of hydrogen-bond acceptors (Lipinski definition) is 5. The second-order valence-electron chi connectivity index (χ2n) is 6.93. The van der Waals surface area contributed by atoms with E-state index in [0.29, 0.717) is 6.54 Å². The van der Waals surface area contributed by atoms with Crippen LogP contribution in [0, 0.1) is 0 Å². The Morgan fingerprint density at radius 1 is 1.04 bits per heavy atom. The van der Waals surface area contributed by atoms with E-state index in [4.69, 9.17) is 9.97 Å². The topological polar surface area (TPSA) is 67.1 Å². The van der Waals surface area contributed by atoms with E-state index in [0.717, 1.165) is 49.6 Å². The number of rotatable bonds is 4. The molecule has 0 spiro atoms. The number of hydrogen-bond donors (Lipinski definition) is 1. The third-order valence-corrected chi connectivity index (χ3v) is 5.29. The van der Waals surface area contributed by atoms with Crippen LogP contribution in [0.4, 0.5) is 5.82 Å². The third kappa shape index (κ3) is 2.49. The minimum Gasteiger partial charge on any atom is -0.394 e. The lowest BCUT2D eigenvalue weighted by atomic mass is 10.1. The van der Waals surface area contributed by atoms with Crippen LogP contribution in [-0.4, -0.2) is 31.5 Å². The Morgan fingerprint density at radius 2 is 1.92 bits per heavy atom. The lowest BCUT2D eigenvalue weighted by Gasteiger charge is -2.21. The Labute approximate surface area is 152 Å². The molecule has 3 aromatic rings. The summed E-state index contributed by atoms with van der Waals surface area (Å²) in [6.45, 7) is 2.25.